The number of rotatable bonds is 6. The van der Waals surface area contributed by atoms with Crippen LogP contribution < -0.4 is 0 Å². The number of carbonyl (C=O) groups excluding carboxylic acids is 2. The van der Waals surface area contributed by atoms with Crippen LogP contribution in [0.5, 0.6) is 0 Å². The molecule has 2 heterocycles. The molecule has 2 aromatic rings. The number of ether oxygens (including phenoxy) is 1. The van der Waals surface area contributed by atoms with Crippen LogP contribution >= 0.6 is 0 Å². The Balaban J connectivity index is 2.06. The third-order valence-corrected chi connectivity index (χ3v) is 5.99. The van der Waals surface area contributed by atoms with E-state index in [1.54, 1.807) is 6.92 Å². The minimum Gasteiger partial charge on any atom is -0.461 e. The quantitative estimate of drug-likeness (QED) is 0.663. The molecule has 0 aliphatic carbocycles. The maximum atomic E-state index is 13.6. The van der Waals surface area contributed by atoms with Crippen LogP contribution in [0, 0.1) is 13.8 Å². The zero-order valence-corrected chi connectivity index (χ0v) is 18.0. The van der Waals surface area contributed by atoms with Crippen LogP contribution in [0.3, 0.4) is 0 Å². The Morgan fingerprint density at radius 2 is 1.83 bits per heavy atom. The van der Waals surface area contributed by atoms with Crippen LogP contribution in [0.25, 0.3) is 0 Å². The number of carbonyl (C=O) groups is 2. The molecule has 0 saturated carbocycles. The number of aromatic nitrogens is 1. The van der Waals surface area contributed by atoms with Crippen molar-refractivity contribution in [3.63, 3.8) is 0 Å². The highest BCUT2D eigenvalue weighted by atomic mass is 16.5. The molecule has 1 aliphatic heterocycles. The van der Waals surface area contributed by atoms with E-state index in [9.17, 15) is 9.59 Å². The first-order chi connectivity index (χ1) is 14.0. The molecule has 0 spiro atoms. The molecular formula is C24H32N2O3. The van der Waals surface area contributed by atoms with Gasteiger partial charge >= 0.3 is 5.97 Å². The Hall–Kier alpha value is -2.56. The van der Waals surface area contributed by atoms with Crippen molar-refractivity contribution in [2.45, 2.75) is 66.0 Å². The summed E-state index contributed by atoms with van der Waals surface area (Å²) in [6, 6.07) is 10.3. The summed E-state index contributed by atoms with van der Waals surface area (Å²) < 4.78 is 7.28. The molecule has 3 rings (SSSR count). The van der Waals surface area contributed by atoms with Gasteiger partial charge in [-0.1, -0.05) is 37.3 Å². The van der Waals surface area contributed by atoms with Gasteiger partial charge in [-0.2, -0.15) is 0 Å². The zero-order chi connectivity index (χ0) is 21.0. The van der Waals surface area contributed by atoms with Gasteiger partial charge in [-0.05, 0) is 57.6 Å². The second-order valence-electron chi connectivity index (χ2n) is 7.78. The number of hydrogen-bond donors (Lipinski definition) is 0. The van der Waals surface area contributed by atoms with E-state index in [1.807, 2.05) is 53.6 Å². The molecular weight excluding hydrogens is 364 g/mol. The molecule has 1 saturated heterocycles. The average Bonchev–Trinajstić information content (AvgIpc) is 2.98. The van der Waals surface area contributed by atoms with Gasteiger partial charge in [0, 0.05) is 24.8 Å². The highest BCUT2D eigenvalue weighted by molar-refractivity contribution is 6.01. The van der Waals surface area contributed by atoms with Gasteiger partial charge in [0.1, 0.15) is 5.69 Å². The number of amides is 1. The smallest absolute Gasteiger partial charge is 0.355 e. The molecule has 0 bridgehead atoms. The van der Waals surface area contributed by atoms with Crippen molar-refractivity contribution < 1.29 is 14.3 Å². The molecule has 29 heavy (non-hydrogen) atoms. The highest BCUT2D eigenvalue weighted by Crippen LogP contribution is 2.29. The highest BCUT2D eigenvalue weighted by Gasteiger charge is 2.33. The van der Waals surface area contributed by atoms with Gasteiger partial charge in [-0.25, -0.2) is 4.79 Å². The first-order valence-electron chi connectivity index (χ1n) is 10.7. The fourth-order valence-electron chi connectivity index (χ4n) is 4.47. The summed E-state index contributed by atoms with van der Waals surface area (Å²) in [6.45, 7) is 9.38. The van der Waals surface area contributed by atoms with Gasteiger partial charge in [0.25, 0.3) is 5.91 Å². The van der Waals surface area contributed by atoms with Crippen molar-refractivity contribution in [2.75, 3.05) is 13.2 Å². The summed E-state index contributed by atoms with van der Waals surface area (Å²) >= 11 is 0. The Kier molecular flexibility index (Phi) is 6.78. The molecule has 0 radical (unpaired) electrons. The molecule has 156 valence electrons. The predicted octanol–water partition coefficient (Wildman–Crippen LogP) is 4.73. The lowest BCUT2D eigenvalue weighted by Gasteiger charge is -2.35. The summed E-state index contributed by atoms with van der Waals surface area (Å²) in [6.07, 6.45) is 4.22. The van der Waals surface area contributed by atoms with Crippen LogP contribution in [0.2, 0.25) is 0 Å². The lowest BCUT2D eigenvalue weighted by atomic mass is 9.98. The predicted molar refractivity (Wildman–Crippen MR) is 114 cm³/mol. The van der Waals surface area contributed by atoms with E-state index in [-0.39, 0.29) is 17.9 Å². The van der Waals surface area contributed by atoms with E-state index in [2.05, 4.69) is 6.92 Å². The molecule has 1 unspecified atom stereocenters. The molecule has 5 nitrogen and oxygen atoms in total. The molecule has 1 atom stereocenters. The Labute approximate surface area is 173 Å². The standard InChI is InChI=1S/C24H32N2O3/c1-5-20-14-10-11-15-25(20)23(27)21-17(3)22(24(28)29-6-2)26(18(21)4)16-19-12-8-7-9-13-19/h7-9,12-13,20H,5-6,10-11,14-16H2,1-4H3. The molecule has 1 amide bonds. The van der Waals surface area contributed by atoms with Crippen molar-refractivity contribution in [3.8, 4) is 0 Å². The van der Waals surface area contributed by atoms with Gasteiger partial charge < -0.3 is 14.2 Å². The summed E-state index contributed by atoms with van der Waals surface area (Å²) in [5.41, 5.74) is 3.78. The number of benzene rings is 1. The third-order valence-electron chi connectivity index (χ3n) is 5.99. The minimum absolute atomic E-state index is 0.0453. The molecule has 0 N–H and O–H groups in total. The molecule has 1 aliphatic rings. The van der Waals surface area contributed by atoms with E-state index in [0.717, 1.165) is 42.6 Å². The van der Waals surface area contributed by atoms with Crippen LogP contribution in [0.1, 0.15) is 77.2 Å². The number of esters is 1. The summed E-state index contributed by atoms with van der Waals surface area (Å²) in [5.74, 6) is -0.322. The number of nitrogens with zero attached hydrogens (tertiary/aromatic N) is 2. The van der Waals surface area contributed by atoms with Crippen molar-refractivity contribution >= 4 is 11.9 Å². The third kappa shape index (κ3) is 4.24. The van der Waals surface area contributed by atoms with Gasteiger partial charge in [0.2, 0.25) is 0 Å². The lowest BCUT2D eigenvalue weighted by Crippen LogP contribution is -2.43. The minimum atomic E-state index is -0.367. The summed E-state index contributed by atoms with van der Waals surface area (Å²) in [5, 5.41) is 0. The summed E-state index contributed by atoms with van der Waals surface area (Å²) in [4.78, 5) is 28.4. The first-order valence-corrected chi connectivity index (χ1v) is 10.7. The van der Waals surface area contributed by atoms with Gasteiger partial charge in [0.15, 0.2) is 0 Å². The second-order valence-corrected chi connectivity index (χ2v) is 7.78. The molecule has 1 aromatic carbocycles. The molecule has 1 fully saturated rings. The number of hydrogen-bond acceptors (Lipinski definition) is 3. The topological polar surface area (TPSA) is 51.5 Å². The van der Waals surface area contributed by atoms with Crippen LogP contribution in [-0.2, 0) is 11.3 Å². The molecule has 5 heteroatoms. The van der Waals surface area contributed by atoms with Gasteiger partial charge in [0.05, 0.1) is 12.2 Å². The van der Waals surface area contributed by atoms with Crippen LogP contribution in [-0.4, -0.2) is 40.5 Å². The number of piperidine rings is 1. The average molecular weight is 397 g/mol. The monoisotopic (exact) mass is 396 g/mol. The van der Waals surface area contributed by atoms with Crippen molar-refractivity contribution in [3.05, 3.63) is 58.4 Å². The normalized spacial score (nSPS) is 16.7. The largest absolute Gasteiger partial charge is 0.461 e. The Morgan fingerprint density at radius 3 is 2.48 bits per heavy atom. The maximum absolute atomic E-state index is 13.6. The lowest BCUT2D eigenvalue weighted by molar-refractivity contribution is 0.0513. The summed E-state index contributed by atoms with van der Waals surface area (Å²) in [7, 11) is 0. The zero-order valence-electron chi connectivity index (χ0n) is 18.0. The maximum Gasteiger partial charge on any atom is 0.355 e. The van der Waals surface area contributed by atoms with Crippen LogP contribution in [0.4, 0.5) is 0 Å². The van der Waals surface area contributed by atoms with Crippen molar-refractivity contribution in [1.82, 2.24) is 9.47 Å². The van der Waals surface area contributed by atoms with E-state index < -0.39 is 0 Å². The fraction of sp³-hybridized carbons (Fsp3) is 0.500. The SMILES string of the molecule is CCOC(=O)c1c(C)c(C(=O)N2CCCCC2CC)c(C)n1Cc1ccccc1. The number of likely N-dealkylation sites (tertiary alicyclic amines) is 1. The first kappa shape index (κ1) is 21.2. The Bertz CT molecular complexity index is 870. The van der Waals surface area contributed by atoms with Crippen molar-refractivity contribution in [2.24, 2.45) is 0 Å². The molecule has 1 aromatic heterocycles. The van der Waals surface area contributed by atoms with Gasteiger partial charge in [-0.15, -0.1) is 0 Å². The van der Waals surface area contributed by atoms with Gasteiger partial charge in [-0.3, -0.25) is 4.79 Å². The van der Waals surface area contributed by atoms with Crippen LogP contribution in [0.15, 0.2) is 30.3 Å². The fourth-order valence-corrected chi connectivity index (χ4v) is 4.47. The Morgan fingerprint density at radius 1 is 1.10 bits per heavy atom. The van der Waals surface area contributed by atoms with E-state index in [4.69, 9.17) is 4.74 Å². The van der Waals surface area contributed by atoms with E-state index in [0.29, 0.717) is 24.4 Å². The second kappa shape index (κ2) is 9.29. The van der Waals surface area contributed by atoms with E-state index in [1.165, 1.54) is 6.42 Å². The van der Waals surface area contributed by atoms with E-state index >= 15 is 0 Å². The van der Waals surface area contributed by atoms with Crippen molar-refractivity contribution in [1.29, 1.82) is 0 Å².